The highest BCUT2D eigenvalue weighted by molar-refractivity contribution is 5.94. The lowest BCUT2D eigenvalue weighted by Gasteiger charge is -2.27. The normalized spacial score (nSPS) is 16.0. The third-order valence-corrected chi connectivity index (χ3v) is 4.51. The van der Waals surface area contributed by atoms with Crippen LogP contribution in [0, 0.1) is 0 Å². The molecule has 1 N–H and O–H groups in total. The SMILES string of the molecule is CCNCCCN1CC=C(c2cccc3ccccc23)CC1. The number of hydrogen-bond acceptors (Lipinski definition) is 2. The van der Waals surface area contributed by atoms with Gasteiger partial charge in [-0.05, 0) is 54.4 Å². The highest BCUT2D eigenvalue weighted by atomic mass is 15.1. The quantitative estimate of drug-likeness (QED) is 0.812. The first-order valence-electron chi connectivity index (χ1n) is 8.48. The number of fused-ring (bicyclic) bond motifs is 1. The van der Waals surface area contributed by atoms with Crippen molar-refractivity contribution in [2.45, 2.75) is 19.8 Å². The molecule has 0 aromatic heterocycles. The first-order chi connectivity index (χ1) is 10.9. The van der Waals surface area contributed by atoms with E-state index in [-0.39, 0.29) is 0 Å². The van der Waals surface area contributed by atoms with Crippen LogP contribution in [0.1, 0.15) is 25.3 Å². The Morgan fingerprint density at radius 3 is 2.77 bits per heavy atom. The molecule has 1 heterocycles. The number of hydrogen-bond donors (Lipinski definition) is 1. The minimum atomic E-state index is 1.07. The molecule has 0 unspecified atom stereocenters. The molecular formula is C20H26N2. The number of benzene rings is 2. The molecule has 0 radical (unpaired) electrons. The van der Waals surface area contributed by atoms with Crippen molar-refractivity contribution in [2.75, 3.05) is 32.7 Å². The maximum absolute atomic E-state index is 3.40. The molecule has 0 amide bonds. The van der Waals surface area contributed by atoms with E-state index in [1.807, 2.05) is 0 Å². The van der Waals surface area contributed by atoms with Gasteiger partial charge in [0.05, 0.1) is 0 Å². The van der Waals surface area contributed by atoms with Gasteiger partial charge in [0, 0.05) is 13.1 Å². The van der Waals surface area contributed by atoms with E-state index in [1.165, 1.54) is 41.4 Å². The summed E-state index contributed by atoms with van der Waals surface area (Å²) < 4.78 is 0. The van der Waals surface area contributed by atoms with Gasteiger partial charge in [-0.3, -0.25) is 4.90 Å². The fourth-order valence-electron chi connectivity index (χ4n) is 3.27. The molecule has 0 saturated carbocycles. The van der Waals surface area contributed by atoms with Gasteiger partial charge in [-0.15, -0.1) is 0 Å². The summed E-state index contributed by atoms with van der Waals surface area (Å²) in [6.45, 7) is 7.84. The van der Waals surface area contributed by atoms with Crippen molar-refractivity contribution in [1.82, 2.24) is 10.2 Å². The molecule has 0 aliphatic carbocycles. The van der Waals surface area contributed by atoms with E-state index in [0.717, 1.165) is 26.1 Å². The molecule has 1 aliphatic heterocycles. The molecule has 0 spiro atoms. The predicted molar refractivity (Wildman–Crippen MR) is 96.1 cm³/mol. The second-order valence-corrected chi connectivity index (χ2v) is 6.01. The molecule has 2 aromatic carbocycles. The van der Waals surface area contributed by atoms with Crippen LogP contribution in [0.3, 0.4) is 0 Å². The summed E-state index contributed by atoms with van der Waals surface area (Å²) in [5.74, 6) is 0. The number of nitrogens with zero attached hydrogens (tertiary/aromatic N) is 1. The molecule has 2 nitrogen and oxygen atoms in total. The minimum absolute atomic E-state index is 1.07. The average molecular weight is 294 g/mol. The molecule has 22 heavy (non-hydrogen) atoms. The van der Waals surface area contributed by atoms with E-state index < -0.39 is 0 Å². The van der Waals surface area contributed by atoms with Crippen LogP contribution in [0.2, 0.25) is 0 Å². The summed E-state index contributed by atoms with van der Waals surface area (Å²) in [4.78, 5) is 2.56. The van der Waals surface area contributed by atoms with Gasteiger partial charge in [0.2, 0.25) is 0 Å². The summed E-state index contributed by atoms with van der Waals surface area (Å²) in [5.41, 5.74) is 2.94. The standard InChI is InChI=1S/C20H26N2/c1-2-21-13-6-14-22-15-11-18(12-16-22)20-10-5-8-17-7-3-4-9-19(17)20/h3-5,7-11,21H,2,6,12-16H2,1H3. The topological polar surface area (TPSA) is 15.3 Å². The Bertz CT molecular complexity index is 640. The summed E-state index contributed by atoms with van der Waals surface area (Å²) >= 11 is 0. The van der Waals surface area contributed by atoms with Crippen molar-refractivity contribution in [1.29, 1.82) is 0 Å². The Hall–Kier alpha value is -1.64. The van der Waals surface area contributed by atoms with E-state index in [1.54, 1.807) is 0 Å². The predicted octanol–water partition coefficient (Wildman–Crippen LogP) is 3.93. The second-order valence-electron chi connectivity index (χ2n) is 6.01. The van der Waals surface area contributed by atoms with E-state index in [9.17, 15) is 0 Å². The lowest BCUT2D eigenvalue weighted by molar-refractivity contribution is 0.296. The zero-order chi connectivity index (χ0) is 15.2. The van der Waals surface area contributed by atoms with Crippen molar-refractivity contribution >= 4 is 16.3 Å². The molecule has 0 bridgehead atoms. The smallest absolute Gasteiger partial charge is 0.0169 e. The highest BCUT2D eigenvalue weighted by Crippen LogP contribution is 2.29. The fraction of sp³-hybridized carbons (Fsp3) is 0.400. The maximum Gasteiger partial charge on any atom is 0.0169 e. The summed E-state index contributed by atoms with van der Waals surface area (Å²) in [6, 6.07) is 15.4. The molecule has 3 rings (SSSR count). The van der Waals surface area contributed by atoms with E-state index in [0.29, 0.717) is 0 Å². The molecular weight excluding hydrogens is 268 g/mol. The molecule has 1 aliphatic rings. The Kier molecular flexibility index (Phi) is 5.25. The Balaban J connectivity index is 1.67. The van der Waals surface area contributed by atoms with Gasteiger partial charge in [0.15, 0.2) is 0 Å². The van der Waals surface area contributed by atoms with Crippen LogP contribution in [0.4, 0.5) is 0 Å². The van der Waals surface area contributed by atoms with Crippen molar-refractivity contribution in [2.24, 2.45) is 0 Å². The Morgan fingerprint density at radius 1 is 1.09 bits per heavy atom. The van der Waals surface area contributed by atoms with Crippen molar-refractivity contribution in [3.05, 3.63) is 54.1 Å². The van der Waals surface area contributed by atoms with Crippen molar-refractivity contribution in [3.63, 3.8) is 0 Å². The van der Waals surface area contributed by atoms with Gasteiger partial charge in [-0.25, -0.2) is 0 Å². The van der Waals surface area contributed by atoms with Crippen LogP contribution < -0.4 is 5.32 Å². The molecule has 116 valence electrons. The second kappa shape index (κ2) is 7.57. The van der Waals surface area contributed by atoms with Crippen molar-refractivity contribution in [3.8, 4) is 0 Å². The van der Waals surface area contributed by atoms with Crippen LogP contribution in [0.25, 0.3) is 16.3 Å². The van der Waals surface area contributed by atoms with Gasteiger partial charge >= 0.3 is 0 Å². The van der Waals surface area contributed by atoms with Gasteiger partial charge in [0.1, 0.15) is 0 Å². The van der Waals surface area contributed by atoms with Crippen molar-refractivity contribution < 1.29 is 0 Å². The van der Waals surface area contributed by atoms with Crippen LogP contribution in [0.5, 0.6) is 0 Å². The fourth-order valence-corrected chi connectivity index (χ4v) is 3.27. The molecule has 0 atom stereocenters. The number of nitrogens with one attached hydrogen (secondary N) is 1. The minimum Gasteiger partial charge on any atom is -0.317 e. The monoisotopic (exact) mass is 294 g/mol. The van der Waals surface area contributed by atoms with E-state index in [2.05, 4.69) is 65.7 Å². The first-order valence-corrected chi connectivity index (χ1v) is 8.48. The Morgan fingerprint density at radius 2 is 1.95 bits per heavy atom. The molecule has 0 saturated heterocycles. The average Bonchev–Trinajstić information content (AvgIpc) is 2.59. The van der Waals surface area contributed by atoms with Crippen LogP contribution >= 0.6 is 0 Å². The molecule has 0 fully saturated rings. The van der Waals surface area contributed by atoms with Gasteiger partial charge in [-0.1, -0.05) is 55.5 Å². The highest BCUT2D eigenvalue weighted by Gasteiger charge is 2.13. The van der Waals surface area contributed by atoms with Gasteiger partial charge in [-0.2, -0.15) is 0 Å². The zero-order valence-corrected chi connectivity index (χ0v) is 13.5. The van der Waals surface area contributed by atoms with E-state index in [4.69, 9.17) is 0 Å². The Labute approximate surface area is 133 Å². The third-order valence-electron chi connectivity index (χ3n) is 4.51. The van der Waals surface area contributed by atoms with Crippen LogP contribution in [-0.4, -0.2) is 37.6 Å². The van der Waals surface area contributed by atoms with Crippen LogP contribution in [-0.2, 0) is 0 Å². The lowest BCUT2D eigenvalue weighted by atomic mass is 9.94. The van der Waals surface area contributed by atoms with Gasteiger partial charge < -0.3 is 5.32 Å². The first kappa shape index (κ1) is 15.3. The molecule has 2 heteroatoms. The lowest BCUT2D eigenvalue weighted by Crippen LogP contribution is -2.31. The largest absolute Gasteiger partial charge is 0.317 e. The maximum atomic E-state index is 3.40. The summed E-state index contributed by atoms with van der Waals surface area (Å²) in [7, 11) is 0. The zero-order valence-electron chi connectivity index (χ0n) is 13.5. The van der Waals surface area contributed by atoms with E-state index >= 15 is 0 Å². The molecule has 2 aromatic rings. The summed E-state index contributed by atoms with van der Waals surface area (Å²) in [5, 5.41) is 6.13. The number of rotatable bonds is 6. The van der Waals surface area contributed by atoms with Crippen LogP contribution in [0.15, 0.2) is 48.5 Å². The van der Waals surface area contributed by atoms with Gasteiger partial charge in [0.25, 0.3) is 0 Å². The summed E-state index contributed by atoms with van der Waals surface area (Å²) in [6.07, 6.45) is 4.83. The third kappa shape index (κ3) is 3.57.